The molecule has 0 N–H and O–H groups in total. The summed E-state index contributed by atoms with van der Waals surface area (Å²) in [5.41, 5.74) is 0.0904. The van der Waals surface area contributed by atoms with Crippen LogP contribution in [0.1, 0.15) is 27.2 Å². The molecule has 0 saturated heterocycles. The molecule has 0 aromatic heterocycles. The molecule has 0 bridgehead atoms. The maximum atomic E-state index is 10.9. The predicted molar refractivity (Wildman–Crippen MR) is 38.8 cm³/mol. The Labute approximate surface area is 61.6 Å². The molecule has 0 amide bonds. The van der Waals surface area contributed by atoms with Gasteiger partial charge in [-0.2, -0.15) is 0 Å². The second-order valence-corrected chi connectivity index (χ2v) is 3.47. The van der Waals surface area contributed by atoms with E-state index in [9.17, 15) is 4.79 Å². The summed E-state index contributed by atoms with van der Waals surface area (Å²) in [7, 11) is 0. The molecule has 2 nitrogen and oxygen atoms in total. The largest absolute Gasteiger partial charge is 0.370 e. The van der Waals surface area contributed by atoms with Crippen LogP contribution in [0.25, 0.3) is 0 Å². The lowest BCUT2D eigenvalue weighted by atomic mass is 9.68. The molecule has 0 aromatic rings. The fourth-order valence-electron chi connectivity index (χ4n) is 1.42. The van der Waals surface area contributed by atoms with E-state index in [0.29, 0.717) is 13.0 Å². The van der Waals surface area contributed by atoms with Crippen LogP contribution in [0.3, 0.4) is 0 Å². The molecule has 58 valence electrons. The molecular formula is C8H14O2. The van der Waals surface area contributed by atoms with E-state index in [0.717, 1.165) is 0 Å². The number of Topliss-reactive ketones (excluding diaryl/α,β-unsaturated/α-hetero) is 1. The maximum absolute atomic E-state index is 10.9. The van der Waals surface area contributed by atoms with Gasteiger partial charge in [0.05, 0.1) is 0 Å². The molecule has 0 aromatic carbocycles. The van der Waals surface area contributed by atoms with E-state index in [4.69, 9.17) is 4.74 Å². The zero-order valence-electron chi connectivity index (χ0n) is 6.81. The molecule has 0 aliphatic heterocycles. The van der Waals surface area contributed by atoms with Gasteiger partial charge in [-0.25, -0.2) is 0 Å². The highest BCUT2D eigenvalue weighted by Crippen LogP contribution is 2.39. The number of hydrogen-bond acceptors (Lipinski definition) is 2. The third-order valence-corrected chi connectivity index (χ3v) is 1.97. The lowest BCUT2D eigenvalue weighted by molar-refractivity contribution is -0.158. The maximum Gasteiger partial charge on any atom is 0.162 e. The minimum Gasteiger partial charge on any atom is -0.370 e. The summed E-state index contributed by atoms with van der Waals surface area (Å²) >= 11 is 0. The van der Waals surface area contributed by atoms with Crippen molar-refractivity contribution in [3.05, 3.63) is 0 Å². The molecule has 1 unspecified atom stereocenters. The SMILES string of the molecule is CCOC1C(=O)CC1(C)C. The number of hydrogen-bond donors (Lipinski definition) is 0. The number of carbonyl (C=O) groups is 1. The highest BCUT2D eigenvalue weighted by molar-refractivity contribution is 5.90. The molecule has 2 heteroatoms. The van der Waals surface area contributed by atoms with Gasteiger partial charge in [-0.1, -0.05) is 13.8 Å². The first kappa shape index (κ1) is 7.73. The van der Waals surface area contributed by atoms with Crippen molar-refractivity contribution in [3.63, 3.8) is 0 Å². The van der Waals surface area contributed by atoms with Crippen molar-refractivity contribution < 1.29 is 9.53 Å². The van der Waals surface area contributed by atoms with Gasteiger partial charge in [-0.15, -0.1) is 0 Å². The van der Waals surface area contributed by atoms with Gasteiger partial charge < -0.3 is 4.74 Å². The van der Waals surface area contributed by atoms with Crippen LogP contribution in [0.4, 0.5) is 0 Å². The minimum absolute atomic E-state index is 0.0904. The van der Waals surface area contributed by atoms with E-state index in [1.165, 1.54) is 0 Å². The van der Waals surface area contributed by atoms with Crippen molar-refractivity contribution in [2.24, 2.45) is 5.41 Å². The fraction of sp³-hybridized carbons (Fsp3) is 0.875. The molecule has 0 heterocycles. The van der Waals surface area contributed by atoms with Crippen molar-refractivity contribution in [2.75, 3.05) is 6.61 Å². The monoisotopic (exact) mass is 142 g/mol. The molecule has 0 spiro atoms. The zero-order chi connectivity index (χ0) is 7.78. The Morgan fingerprint density at radius 1 is 1.70 bits per heavy atom. The van der Waals surface area contributed by atoms with Crippen LogP contribution in [0.15, 0.2) is 0 Å². The summed E-state index contributed by atoms with van der Waals surface area (Å²) in [5.74, 6) is 0.256. The third-order valence-electron chi connectivity index (χ3n) is 1.97. The van der Waals surface area contributed by atoms with Gasteiger partial charge in [0.1, 0.15) is 6.10 Å². The van der Waals surface area contributed by atoms with E-state index >= 15 is 0 Å². The molecule has 1 aliphatic rings. The topological polar surface area (TPSA) is 26.3 Å². The normalized spacial score (nSPS) is 29.9. The van der Waals surface area contributed by atoms with Crippen LogP contribution in [0, 0.1) is 5.41 Å². The average Bonchev–Trinajstić information content (AvgIpc) is 1.82. The predicted octanol–water partition coefficient (Wildman–Crippen LogP) is 1.39. The molecule has 1 rings (SSSR count). The number of rotatable bonds is 2. The highest BCUT2D eigenvalue weighted by Gasteiger charge is 2.47. The van der Waals surface area contributed by atoms with Gasteiger partial charge in [0.15, 0.2) is 5.78 Å². The van der Waals surface area contributed by atoms with Crippen molar-refractivity contribution in [3.8, 4) is 0 Å². The molecular weight excluding hydrogens is 128 g/mol. The van der Waals surface area contributed by atoms with Gasteiger partial charge in [-0.3, -0.25) is 4.79 Å². The lowest BCUT2D eigenvalue weighted by Gasteiger charge is -2.41. The Hall–Kier alpha value is -0.370. The molecule has 1 saturated carbocycles. The fourth-order valence-corrected chi connectivity index (χ4v) is 1.42. The van der Waals surface area contributed by atoms with E-state index in [2.05, 4.69) is 13.8 Å². The molecule has 1 aliphatic carbocycles. The summed E-state index contributed by atoms with van der Waals surface area (Å²) in [6.45, 7) is 6.69. The van der Waals surface area contributed by atoms with E-state index in [1.54, 1.807) is 0 Å². The zero-order valence-corrected chi connectivity index (χ0v) is 6.81. The standard InChI is InChI=1S/C8H14O2/c1-4-10-7-6(9)5-8(7,2)3/h7H,4-5H2,1-3H3. The molecule has 1 atom stereocenters. The number of carbonyl (C=O) groups excluding carboxylic acids is 1. The summed E-state index contributed by atoms with van der Waals surface area (Å²) < 4.78 is 5.26. The third kappa shape index (κ3) is 1.08. The van der Waals surface area contributed by atoms with Crippen LogP contribution in [-0.4, -0.2) is 18.5 Å². The highest BCUT2D eigenvalue weighted by atomic mass is 16.5. The first-order chi connectivity index (χ1) is 4.58. The average molecular weight is 142 g/mol. The van der Waals surface area contributed by atoms with Crippen LogP contribution in [0.5, 0.6) is 0 Å². The first-order valence-electron chi connectivity index (χ1n) is 3.72. The van der Waals surface area contributed by atoms with Crippen LogP contribution < -0.4 is 0 Å². The first-order valence-corrected chi connectivity index (χ1v) is 3.72. The van der Waals surface area contributed by atoms with Crippen molar-refractivity contribution in [1.29, 1.82) is 0 Å². The molecule has 1 fully saturated rings. The Balaban J connectivity index is 2.48. The van der Waals surface area contributed by atoms with E-state index in [1.807, 2.05) is 6.92 Å². The molecule has 10 heavy (non-hydrogen) atoms. The molecule has 0 radical (unpaired) electrons. The van der Waals surface area contributed by atoms with Gasteiger partial charge in [0.25, 0.3) is 0 Å². The van der Waals surface area contributed by atoms with Crippen molar-refractivity contribution in [2.45, 2.75) is 33.3 Å². The minimum atomic E-state index is -0.127. The Bertz CT molecular complexity index is 149. The van der Waals surface area contributed by atoms with Gasteiger partial charge in [0, 0.05) is 18.4 Å². The smallest absolute Gasteiger partial charge is 0.162 e. The Morgan fingerprint density at radius 3 is 2.50 bits per heavy atom. The Kier molecular flexibility index (Phi) is 1.82. The van der Waals surface area contributed by atoms with Gasteiger partial charge in [0.2, 0.25) is 0 Å². The van der Waals surface area contributed by atoms with Crippen molar-refractivity contribution >= 4 is 5.78 Å². The van der Waals surface area contributed by atoms with Gasteiger partial charge >= 0.3 is 0 Å². The second kappa shape index (κ2) is 2.35. The summed E-state index contributed by atoms with van der Waals surface area (Å²) in [5, 5.41) is 0. The second-order valence-electron chi connectivity index (χ2n) is 3.47. The quantitative estimate of drug-likeness (QED) is 0.582. The van der Waals surface area contributed by atoms with E-state index < -0.39 is 0 Å². The summed E-state index contributed by atoms with van der Waals surface area (Å²) in [4.78, 5) is 10.9. The van der Waals surface area contributed by atoms with Crippen LogP contribution >= 0.6 is 0 Å². The lowest BCUT2D eigenvalue weighted by Crippen LogP contribution is -2.51. The summed E-state index contributed by atoms with van der Waals surface area (Å²) in [6, 6.07) is 0. The van der Waals surface area contributed by atoms with Gasteiger partial charge in [-0.05, 0) is 6.92 Å². The van der Waals surface area contributed by atoms with Crippen LogP contribution in [0.2, 0.25) is 0 Å². The summed E-state index contributed by atoms with van der Waals surface area (Å²) in [6.07, 6.45) is 0.551. The Morgan fingerprint density at radius 2 is 2.30 bits per heavy atom. The number of ether oxygens (including phenoxy) is 1. The van der Waals surface area contributed by atoms with E-state index in [-0.39, 0.29) is 17.3 Å². The number of ketones is 1. The van der Waals surface area contributed by atoms with Crippen LogP contribution in [-0.2, 0) is 9.53 Å². The van der Waals surface area contributed by atoms with Crippen molar-refractivity contribution in [1.82, 2.24) is 0 Å².